The quantitative estimate of drug-likeness (QED) is 0.284. The fraction of sp³-hybridized carbons (Fsp3) is 0.222. The van der Waals surface area contributed by atoms with Crippen molar-refractivity contribution in [2.45, 2.75) is 5.33 Å². The molecule has 0 bridgehead atoms. The third kappa shape index (κ3) is 2.75. The maximum absolute atomic E-state index is 11.6. The van der Waals surface area contributed by atoms with Crippen molar-refractivity contribution in [2.24, 2.45) is 11.7 Å². The lowest BCUT2D eigenvalue weighted by Gasteiger charge is -2.22. The van der Waals surface area contributed by atoms with E-state index in [0.29, 0.717) is 5.56 Å². The maximum Gasteiger partial charge on any atom is 0.352 e. The Morgan fingerprint density at radius 2 is 2.11 bits per heavy atom. The van der Waals surface area contributed by atoms with Crippen LogP contribution < -0.4 is 16.7 Å². The second-order valence-corrected chi connectivity index (χ2v) is 3.99. The highest BCUT2D eigenvalue weighted by molar-refractivity contribution is 9.08. The summed E-state index contributed by atoms with van der Waals surface area (Å²) in [6.07, 6.45) is 0. The lowest BCUT2D eigenvalue weighted by atomic mass is 10.1. The average Bonchev–Trinajstić information content (AvgIpc) is 2.35. The number of nitrogens with zero attached hydrogens (tertiary/aromatic N) is 3. The van der Waals surface area contributed by atoms with Gasteiger partial charge < -0.3 is 0 Å². The molecule has 0 radical (unpaired) electrons. The number of rotatable bonds is 3. The standard InChI is InChI=1S/C9H12BrN5O3/c1-13(11)9(16)14(12)7-3-2-4-8(15(17)18)6(7)5-10/h2-4H,5,11-12H2,1H3. The van der Waals surface area contributed by atoms with Gasteiger partial charge in [0.1, 0.15) is 0 Å². The molecule has 0 heterocycles. The van der Waals surface area contributed by atoms with Gasteiger partial charge in [0, 0.05) is 18.4 Å². The SMILES string of the molecule is CN(N)C(=O)N(N)c1cccc([N+](=O)[O-])c1CBr. The van der Waals surface area contributed by atoms with Gasteiger partial charge in [-0.2, -0.15) is 0 Å². The van der Waals surface area contributed by atoms with Crippen molar-refractivity contribution in [3.05, 3.63) is 33.9 Å². The van der Waals surface area contributed by atoms with E-state index in [-0.39, 0.29) is 16.7 Å². The summed E-state index contributed by atoms with van der Waals surface area (Å²) in [6.45, 7) is 0. The van der Waals surface area contributed by atoms with E-state index in [9.17, 15) is 14.9 Å². The highest BCUT2D eigenvalue weighted by Crippen LogP contribution is 2.30. The first-order valence-corrected chi connectivity index (χ1v) is 5.91. The van der Waals surface area contributed by atoms with Gasteiger partial charge in [0.2, 0.25) is 0 Å². The van der Waals surface area contributed by atoms with Crippen LogP contribution in [0, 0.1) is 10.1 Å². The molecule has 0 atom stereocenters. The van der Waals surface area contributed by atoms with Crippen molar-refractivity contribution < 1.29 is 9.72 Å². The summed E-state index contributed by atoms with van der Waals surface area (Å²) in [5.74, 6) is 10.9. The Kier molecular flexibility index (Phi) is 4.59. The van der Waals surface area contributed by atoms with Gasteiger partial charge in [-0.15, -0.1) is 0 Å². The largest absolute Gasteiger partial charge is 0.352 e. The monoisotopic (exact) mass is 317 g/mol. The lowest BCUT2D eigenvalue weighted by Crippen LogP contribution is -2.48. The number of urea groups is 1. The highest BCUT2D eigenvalue weighted by Gasteiger charge is 2.23. The Hall–Kier alpha value is -1.71. The van der Waals surface area contributed by atoms with Crippen LogP contribution in [-0.4, -0.2) is 23.0 Å². The Balaban J connectivity index is 3.28. The summed E-state index contributed by atoms with van der Waals surface area (Å²) in [4.78, 5) is 21.9. The number of hydrogen-bond donors (Lipinski definition) is 2. The molecular weight excluding hydrogens is 306 g/mol. The van der Waals surface area contributed by atoms with Gasteiger partial charge in [-0.3, -0.25) is 15.1 Å². The average molecular weight is 318 g/mol. The smallest absolute Gasteiger partial charge is 0.264 e. The molecule has 1 aromatic carbocycles. The number of alkyl halides is 1. The molecule has 0 aliphatic rings. The predicted octanol–water partition coefficient (Wildman–Crippen LogP) is 1.10. The topological polar surface area (TPSA) is 119 Å². The molecule has 2 amide bonds. The molecule has 0 saturated heterocycles. The number of carbonyl (C=O) groups excluding carboxylic acids is 1. The van der Waals surface area contributed by atoms with Gasteiger partial charge in [0.15, 0.2) is 0 Å². The van der Waals surface area contributed by atoms with Crippen LogP contribution in [0.15, 0.2) is 18.2 Å². The highest BCUT2D eigenvalue weighted by atomic mass is 79.9. The van der Waals surface area contributed by atoms with Gasteiger partial charge >= 0.3 is 6.03 Å². The van der Waals surface area contributed by atoms with Gasteiger partial charge in [0.05, 0.1) is 16.2 Å². The fourth-order valence-corrected chi connectivity index (χ4v) is 1.94. The van der Waals surface area contributed by atoms with Crippen LogP contribution in [0.3, 0.4) is 0 Å². The van der Waals surface area contributed by atoms with E-state index >= 15 is 0 Å². The Morgan fingerprint density at radius 1 is 1.50 bits per heavy atom. The second kappa shape index (κ2) is 5.76. The van der Waals surface area contributed by atoms with Crippen LogP contribution >= 0.6 is 15.9 Å². The molecular formula is C9H12BrN5O3. The second-order valence-electron chi connectivity index (χ2n) is 3.43. The number of carbonyl (C=O) groups is 1. The minimum Gasteiger partial charge on any atom is -0.264 e. The number of halogens is 1. The molecule has 1 rings (SSSR count). The first-order chi connectivity index (χ1) is 8.40. The molecule has 0 aliphatic carbocycles. The molecule has 0 saturated carbocycles. The number of benzene rings is 1. The van der Waals surface area contributed by atoms with Gasteiger partial charge in [0.25, 0.3) is 5.69 Å². The summed E-state index contributed by atoms with van der Waals surface area (Å²) in [6, 6.07) is 3.61. The maximum atomic E-state index is 11.6. The molecule has 8 nitrogen and oxygen atoms in total. The normalized spacial score (nSPS) is 10.0. The molecule has 0 aromatic heterocycles. The van der Waals surface area contributed by atoms with E-state index in [0.717, 1.165) is 10.0 Å². The molecule has 0 aliphatic heterocycles. The first-order valence-electron chi connectivity index (χ1n) is 4.79. The zero-order valence-electron chi connectivity index (χ0n) is 9.54. The van der Waals surface area contributed by atoms with E-state index in [1.165, 1.54) is 25.2 Å². The zero-order chi connectivity index (χ0) is 13.9. The number of amides is 2. The van der Waals surface area contributed by atoms with Crippen molar-refractivity contribution in [1.82, 2.24) is 5.01 Å². The molecule has 0 spiro atoms. The van der Waals surface area contributed by atoms with E-state index < -0.39 is 11.0 Å². The van der Waals surface area contributed by atoms with E-state index in [1.54, 1.807) is 0 Å². The number of hydrazine groups is 2. The summed E-state index contributed by atoms with van der Waals surface area (Å²) in [5.41, 5.74) is 0.413. The predicted molar refractivity (Wildman–Crippen MR) is 69.7 cm³/mol. The Labute approximate surface area is 111 Å². The van der Waals surface area contributed by atoms with Crippen molar-refractivity contribution in [1.29, 1.82) is 0 Å². The number of nitrogens with two attached hydrogens (primary N) is 2. The molecule has 4 N–H and O–H groups in total. The van der Waals surface area contributed by atoms with Crippen LogP contribution in [0.5, 0.6) is 0 Å². The number of nitro groups is 1. The Morgan fingerprint density at radius 3 is 2.56 bits per heavy atom. The lowest BCUT2D eigenvalue weighted by molar-refractivity contribution is -0.385. The van der Waals surface area contributed by atoms with Gasteiger partial charge in [-0.05, 0) is 6.07 Å². The Bertz CT molecular complexity index is 479. The van der Waals surface area contributed by atoms with Gasteiger partial charge in [-0.25, -0.2) is 21.5 Å². The van der Waals surface area contributed by atoms with Crippen LogP contribution in [0.25, 0.3) is 0 Å². The van der Waals surface area contributed by atoms with Crippen LogP contribution in [0.2, 0.25) is 0 Å². The minimum atomic E-state index is -0.683. The summed E-state index contributed by atoms with van der Waals surface area (Å²) in [7, 11) is 1.33. The van der Waals surface area contributed by atoms with Crippen LogP contribution in [0.1, 0.15) is 5.56 Å². The number of hydrogen-bond acceptors (Lipinski definition) is 5. The minimum absolute atomic E-state index is 0.118. The van der Waals surface area contributed by atoms with E-state index in [2.05, 4.69) is 15.9 Å². The van der Waals surface area contributed by atoms with Crippen LogP contribution in [0.4, 0.5) is 16.2 Å². The van der Waals surface area contributed by atoms with Crippen molar-refractivity contribution in [2.75, 3.05) is 12.1 Å². The summed E-state index contributed by atoms with van der Waals surface area (Å²) >= 11 is 3.14. The molecule has 0 fully saturated rings. The zero-order valence-corrected chi connectivity index (χ0v) is 11.1. The van der Waals surface area contributed by atoms with Crippen molar-refractivity contribution in [3.8, 4) is 0 Å². The third-order valence-corrected chi connectivity index (χ3v) is 2.78. The molecule has 18 heavy (non-hydrogen) atoms. The third-order valence-electron chi connectivity index (χ3n) is 2.22. The van der Waals surface area contributed by atoms with Gasteiger partial charge in [-0.1, -0.05) is 22.0 Å². The summed E-state index contributed by atoms with van der Waals surface area (Å²) < 4.78 is 0. The van der Waals surface area contributed by atoms with E-state index in [4.69, 9.17) is 11.7 Å². The van der Waals surface area contributed by atoms with Crippen LogP contribution in [-0.2, 0) is 5.33 Å². The molecule has 9 heteroatoms. The summed E-state index contributed by atoms with van der Waals surface area (Å²) in [5, 5.41) is 12.6. The molecule has 98 valence electrons. The fourth-order valence-electron chi connectivity index (χ4n) is 1.37. The molecule has 0 unspecified atom stereocenters. The molecule has 1 aromatic rings. The first kappa shape index (κ1) is 14.4. The van der Waals surface area contributed by atoms with Crippen molar-refractivity contribution >= 4 is 33.3 Å². The number of nitro benzene ring substituents is 1. The number of anilines is 1. The van der Waals surface area contributed by atoms with Crippen molar-refractivity contribution in [3.63, 3.8) is 0 Å². The van der Waals surface area contributed by atoms with E-state index in [1.807, 2.05) is 0 Å².